The van der Waals surface area contributed by atoms with Gasteiger partial charge < -0.3 is 4.74 Å². The molecule has 2 amide bonds. The monoisotopic (exact) mass is 237 g/mol. The second-order valence-electron chi connectivity index (χ2n) is 3.26. The maximum Gasteiger partial charge on any atom is 0.288 e. The highest BCUT2D eigenvalue weighted by atomic mass is 32.2. The second kappa shape index (κ2) is 5.03. The van der Waals surface area contributed by atoms with Crippen LogP contribution in [0.5, 0.6) is 5.75 Å². The standard InChI is InChI=1S/C11H11NO3S/c13-10-8-16-11(14)12(10)6-7-15-9-4-2-1-3-5-9/h1-5H,6-8H2. The molecule has 0 spiro atoms. The predicted molar refractivity (Wildman–Crippen MR) is 61.5 cm³/mol. The number of carbonyl (C=O) groups excluding carboxylic acids is 2. The normalized spacial score (nSPS) is 15.6. The highest BCUT2D eigenvalue weighted by molar-refractivity contribution is 8.14. The van der Waals surface area contributed by atoms with Crippen LogP contribution in [0.3, 0.4) is 0 Å². The number of nitrogens with zero attached hydrogens (tertiary/aromatic N) is 1. The Bertz CT molecular complexity index is 377. The van der Waals surface area contributed by atoms with E-state index in [1.807, 2.05) is 30.3 Å². The average molecular weight is 237 g/mol. The molecule has 16 heavy (non-hydrogen) atoms. The van der Waals surface area contributed by atoms with E-state index in [1.165, 1.54) is 4.90 Å². The van der Waals surface area contributed by atoms with Crippen LogP contribution < -0.4 is 4.74 Å². The minimum atomic E-state index is -0.179. The largest absolute Gasteiger partial charge is 0.492 e. The molecule has 1 heterocycles. The van der Waals surface area contributed by atoms with E-state index in [4.69, 9.17) is 4.74 Å². The summed E-state index contributed by atoms with van der Waals surface area (Å²) in [5.41, 5.74) is 0. The molecule has 0 N–H and O–H groups in total. The third kappa shape index (κ3) is 2.55. The maximum absolute atomic E-state index is 11.3. The first-order chi connectivity index (χ1) is 7.77. The van der Waals surface area contributed by atoms with Gasteiger partial charge in [-0.25, -0.2) is 0 Å². The second-order valence-corrected chi connectivity index (χ2v) is 4.19. The summed E-state index contributed by atoms with van der Waals surface area (Å²) < 4.78 is 5.41. The highest BCUT2D eigenvalue weighted by Crippen LogP contribution is 2.18. The fourth-order valence-corrected chi connectivity index (χ4v) is 2.12. The number of hydrogen-bond acceptors (Lipinski definition) is 4. The average Bonchev–Trinajstić information content (AvgIpc) is 2.62. The van der Waals surface area contributed by atoms with Crippen molar-refractivity contribution in [2.75, 3.05) is 18.9 Å². The van der Waals surface area contributed by atoms with E-state index in [9.17, 15) is 9.59 Å². The number of carbonyl (C=O) groups is 2. The van der Waals surface area contributed by atoms with Crippen LogP contribution in [-0.2, 0) is 4.79 Å². The minimum Gasteiger partial charge on any atom is -0.492 e. The Morgan fingerprint density at radius 3 is 2.62 bits per heavy atom. The van der Waals surface area contributed by atoms with Gasteiger partial charge in [0.15, 0.2) is 0 Å². The lowest BCUT2D eigenvalue weighted by molar-refractivity contribution is -0.124. The van der Waals surface area contributed by atoms with Crippen LogP contribution in [0.2, 0.25) is 0 Å². The molecule has 1 aromatic rings. The Kier molecular flexibility index (Phi) is 3.46. The van der Waals surface area contributed by atoms with Crippen molar-refractivity contribution >= 4 is 22.9 Å². The lowest BCUT2D eigenvalue weighted by atomic mass is 10.3. The molecule has 5 heteroatoms. The molecule has 1 fully saturated rings. The zero-order valence-electron chi connectivity index (χ0n) is 8.59. The molecule has 4 nitrogen and oxygen atoms in total. The quantitative estimate of drug-likeness (QED) is 0.800. The Hall–Kier alpha value is -1.49. The lowest BCUT2D eigenvalue weighted by Crippen LogP contribution is -2.32. The zero-order chi connectivity index (χ0) is 11.4. The number of benzene rings is 1. The van der Waals surface area contributed by atoms with Crippen molar-refractivity contribution in [2.24, 2.45) is 0 Å². The van der Waals surface area contributed by atoms with Gasteiger partial charge >= 0.3 is 0 Å². The van der Waals surface area contributed by atoms with Gasteiger partial charge in [-0.2, -0.15) is 0 Å². The number of para-hydroxylation sites is 1. The van der Waals surface area contributed by atoms with Gasteiger partial charge in [0.25, 0.3) is 5.24 Å². The van der Waals surface area contributed by atoms with Crippen LogP contribution in [0, 0.1) is 0 Å². The van der Waals surface area contributed by atoms with Gasteiger partial charge in [0, 0.05) is 0 Å². The number of ether oxygens (including phenoxy) is 1. The summed E-state index contributed by atoms with van der Waals surface area (Å²) in [5.74, 6) is 0.866. The minimum absolute atomic E-state index is 0.133. The molecule has 1 aliphatic rings. The molecule has 0 radical (unpaired) electrons. The van der Waals surface area contributed by atoms with Crippen LogP contribution >= 0.6 is 11.8 Å². The smallest absolute Gasteiger partial charge is 0.288 e. The van der Waals surface area contributed by atoms with Crippen LogP contribution in [0.1, 0.15) is 0 Å². The first kappa shape index (κ1) is 11.0. The van der Waals surface area contributed by atoms with Crippen LogP contribution in [0.25, 0.3) is 0 Å². The van der Waals surface area contributed by atoms with Crippen molar-refractivity contribution in [3.05, 3.63) is 30.3 Å². The van der Waals surface area contributed by atoms with Crippen molar-refractivity contribution in [1.29, 1.82) is 0 Å². The van der Waals surface area contributed by atoms with Crippen molar-refractivity contribution in [1.82, 2.24) is 4.90 Å². The molecule has 0 unspecified atom stereocenters. The number of amides is 2. The van der Waals surface area contributed by atoms with E-state index in [-0.39, 0.29) is 16.9 Å². The maximum atomic E-state index is 11.3. The van der Waals surface area contributed by atoms with Gasteiger partial charge in [0.1, 0.15) is 12.4 Å². The molecule has 0 bridgehead atoms. The predicted octanol–water partition coefficient (Wildman–Crippen LogP) is 1.76. The molecule has 2 rings (SSSR count). The molecular formula is C11H11NO3S. The SMILES string of the molecule is O=C1CSC(=O)N1CCOc1ccccc1. The van der Waals surface area contributed by atoms with Crippen molar-refractivity contribution < 1.29 is 14.3 Å². The van der Waals surface area contributed by atoms with Gasteiger partial charge in [0.05, 0.1) is 12.3 Å². The highest BCUT2D eigenvalue weighted by Gasteiger charge is 2.29. The Balaban J connectivity index is 1.80. The summed E-state index contributed by atoms with van der Waals surface area (Å²) >= 11 is 1.04. The number of imide groups is 1. The van der Waals surface area contributed by atoms with E-state index in [2.05, 4.69) is 0 Å². The molecule has 0 saturated carbocycles. The van der Waals surface area contributed by atoms with E-state index in [0.29, 0.717) is 13.2 Å². The molecule has 0 aliphatic carbocycles. The van der Waals surface area contributed by atoms with Crippen molar-refractivity contribution in [3.63, 3.8) is 0 Å². The summed E-state index contributed by atoms with van der Waals surface area (Å²) in [6, 6.07) is 9.32. The summed E-state index contributed by atoms with van der Waals surface area (Å²) in [6.07, 6.45) is 0. The van der Waals surface area contributed by atoms with Crippen molar-refractivity contribution in [2.45, 2.75) is 0 Å². The first-order valence-electron chi connectivity index (χ1n) is 4.92. The molecule has 0 atom stereocenters. The molecule has 1 aromatic carbocycles. The van der Waals surface area contributed by atoms with Gasteiger partial charge in [0.2, 0.25) is 5.91 Å². The fraction of sp³-hybridized carbons (Fsp3) is 0.273. The van der Waals surface area contributed by atoms with Crippen molar-refractivity contribution in [3.8, 4) is 5.75 Å². The van der Waals surface area contributed by atoms with E-state index < -0.39 is 0 Å². The Morgan fingerprint density at radius 2 is 2.00 bits per heavy atom. The van der Waals surface area contributed by atoms with Crippen LogP contribution in [0.4, 0.5) is 4.79 Å². The van der Waals surface area contributed by atoms with Gasteiger partial charge in [-0.15, -0.1) is 0 Å². The number of thioether (sulfide) groups is 1. The Morgan fingerprint density at radius 1 is 1.25 bits per heavy atom. The van der Waals surface area contributed by atoms with Gasteiger partial charge in [-0.1, -0.05) is 30.0 Å². The van der Waals surface area contributed by atoms with Gasteiger partial charge in [-0.05, 0) is 12.1 Å². The number of rotatable bonds is 4. The topological polar surface area (TPSA) is 46.6 Å². The first-order valence-corrected chi connectivity index (χ1v) is 5.91. The summed E-state index contributed by atoms with van der Waals surface area (Å²) in [4.78, 5) is 23.7. The zero-order valence-corrected chi connectivity index (χ0v) is 9.40. The molecule has 1 aliphatic heterocycles. The third-order valence-corrected chi connectivity index (χ3v) is 3.03. The summed E-state index contributed by atoms with van der Waals surface area (Å²) in [6.45, 7) is 0.654. The van der Waals surface area contributed by atoms with Crippen LogP contribution in [-0.4, -0.2) is 35.0 Å². The Labute approximate surface area is 97.6 Å². The molecular weight excluding hydrogens is 226 g/mol. The summed E-state index contributed by atoms with van der Waals surface area (Å²) in [5, 5.41) is -0.179. The number of hydrogen-bond donors (Lipinski definition) is 0. The van der Waals surface area contributed by atoms with Crippen LogP contribution in [0.15, 0.2) is 30.3 Å². The fourth-order valence-electron chi connectivity index (χ4n) is 1.37. The molecule has 1 saturated heterocycles. The van der Waals surface area contributed by atoms with E-state index >= 15 is 0 Å². The molecule has 84 valence electrons. The summed E-state index contributed by atoms with van der Waals surface area (Å²) in [7, 11) is 0. The van der Waals surface area contributed by atoms with E-state index in [0.717, 1.165) is 17.5 Å². The van der Waals surface area contributed by atoms with Gasteiger partial charge in [-0.3, -0.25) is 14.5 Å². The third-order valence-electron chi connectivity index (χ3n) is 2.17. The molecule has 0 aromatic heterocycles. The lowest BCUT2D eigenvalue weighted by Gasteiger charge is -2.13. The van der Waals surface area contributed by atoms with E-state index in [1.54, 1.807) is 0 Å².